The number of methoxy groups -OCH3 is 2. The van der Waals surface area contributed by atoms with Crippen molar-refractivity contribution in [1.82, 2.24) is 25.1 Å². The Kier molecular flexibility index (Phi) is 9.25. The Hall–Kier alpha value is -5.43. The molecule has 3 saturated heterocycles. The number of amides is 3. The van der Waals surface area contributed by atoms with Crippen molar-refractivity contribution in [2.75, 3.05) is 27.4 Å². The van der Waals surface area contributed by atoms with Gasteiger partial charge in [0.05, 0.1) is 43.4 Å². The topological polar surface area (TPSA) is 148 Å². The van der Waals surface area contributed by atoms with Crippen LogP contribution in [0.3, 0.4) is 0 Å². The Bertz CT molecular complexity index is 2310. The lowest BCUT2D eigenvalue weighted by Crippen LogP contribution is -2.58. The number of piperidine rings is 1. The third-order valence-corrected chi connectivity index (χ3v) is 12.3. The number of ether oxygens (including phenoxy) is 4. The normalized spacial score (nSPS) is 25.0. The molecule has 0 bridgehead atoms. The fourth-order valence-electron chi connectivity index (χ4n) is 9.74. The summed E-state index contributed by atoms with van der Waals surface area (Å²) in [6, 6.07) is 14.1. The number of hydrogen-bond donors (Lipinski definition) is 2. The van der Waals surface area contributed by atoms with Crippen LogP contribution in [0.2, 0.25) is 0 Å². The van der Waals surface area contributed by atoms with Gasteiger partial charge in [0.1, 0.15) is 29.8 Å². The summed E-state index contributed by atoms with van der Waals surface area (Å²) in [6.07, 6.45) is 4.87. The molecule has 5 aliphatic heterocycles. The number of aromatic nitrogens is 2. The highest BCUT2D eigenvalue weighted by Gasteiger charge is 2.48. The Labute approximate surface area is 332 Å². The van der Waals surface area contributed by atoms with Crippen LogP contribution in [0.5, 0.6) is 5.75 Å². The minimum absolute atomic E-state index is 0.0161. The summed E-state index contributed by atoms with van der Waals surface area (Å²) in [5, 5.41) is 4.96. The van der Waals surface area contributed by atoms with Crippen molar-refractivity contribution in [2.24, 2.45) is 16.8 Å². The van der Waals surface area contributed by atoms with Crippen molar-refractivity contribution in [1.29, 1.82) is 0 Å². The van der Waals surface area contributed by atoms with Crippen LogP contribution in [0.25, 0.3) is 33.2 Å². The van der Waals surface area contributed by atoms with Gasteiger partial charge in [0, 0.05) is 43.3 Å². The highest BCUT2D eigenvalue weighted by atomic mass is 16.6. The molecule has 1 aromatic heterocycles. The summed E-state index contributed by atoms with van der Waals surface area (Å²) in [4.78, 5) is 56.2. The van der Waals surface area contributed by atoms with Gasteiger partial charge in [-0.3, -0.25) is 14.7 Å². The van der Waals surface area contributed by atoms with E-state index in [4.69, 9.17) is 28.9 Å². The van der Waals surface area contributed by atoms with Crippen LogP contribution in [0.1, 0.15) is 76.4 Å². The Balaban J connectivity index is 0.943. The Morgan fingerprint density at radius 1 is 1.04 bits per heavy atom. The van der Waals surface area contributed by atoms with Crippen LogP contribution in [0.15, 0.2) is 53.7 Å². The van der Waals surface area contributed by atoms with Crippen LogP contribution in [0.4, 0.5) is 15.3 Å². The van der Waals surface area contributed by atoms with E-state index < -0.39 is 17.7 Å². The third-order valence-electron chi connectivity index (χ3n) is 12.3. The molecule has 298 valence electrons. The monoisotopic (exact) mass is 774 g/mol. The van der Waals surface area contributed by atoms with E-state index >= 15 is 0 Å². The van der Waals surface area contributed by atoms with Gasteiger partial charge in [-0.1, -0.05) is 25.1 Å². The molecule has 6 atom stereocenters. The van der Waals surface area contributed by atoms with Crippen molar-refractivity contribution in [3.8, 4) is 28.1 Å². The number of hydrogen-bond acceptors (Lipinski definition) is 9. The molecule has 3 aromatic carbocycles. The van der Waals surface area contributed by atoms with Gasteiger partial charge in [-0.25, -0.2) is 14.6 Å². The smallest absolute Gasteiger partial charge is 0.410 e. The lowest BCUT2D eigenvalue weighted by molar-refractivity contribution is -0.142. The van der Waals surface area contributed by atoms with Crippen molar-refractivity contribution in [3.05, 3.63) is 65.6 Å². The molecule has 9 rings (SSSR count). The summed E-state index contributed by atoms with van der Waals surface area (Å²) in [6.45, 7) is 9.25. The summed E-state index contributed by atoms with van der Waals surface area (Å²) in [5.41, 5.74) is 7.56. The maximum atomic E-state index is 13.7. The Morgan fingerprint density at radius 3 is 2.67 bits per heavy atom. The first-order chi connectivity index (χ1) is 27.4. The van der Waals surface area contributed by atoms with Gasteiger partial charge in [-0.2, -0.15) is 0 Å². The highest BCUT2D eigenvalue weighted by molar-refractivity contribution is 6.06. The first-order valence-electron chi connectivity index (χ1n) is 20.0. The molecule has 3 amide bonds. The number of likely N-dealkylation sites (tertiary alicyclic amines) is 1. The number of rotatable bonds is 6. The van der Waals surface area contributed by atoms with Gasteiger partial charge in [0.15, 0.2) is 0 Å². The zero-order valence-corrected chi connectivity index (χ0v) is 33.4. The van der Waals surface area contributed by atoms with Crippen LogP contribution >= 0.6 is 0 Å². The van der Waals surface area contributed by atoms with E-state index in [2.05, 4.69) is 52.8 Å². The minimum Gasteiger partial charge on any atom is -0.488 e. The molecule has 0 aliphatic carbocycles. The zero-order chi connectivity index (χ0) is 39.7. The molecule has 5 aliphatic rings. The molecule has 6 heterocycles. The van der Waals surface area contributed by atoms with Crippen LogP contribution in [-0.2, 0) is 32.0 Å². The summed E-state index contributed by atoms with van der Waals surface area (Å²) in [7, 11) is 3.01. The third kappa shape index (κ3) is 6.69. The van der Waals surface area contributed by atoms with Crippen LogP contribution in [0, 0.1) is 11.8 Å². The lowest BCUT2D eigenvalue weighted by atomic mass is 9.88. The van der Waals surface area contributed by atoms with Gasteiger partial charge in [0.25, 0.3) is 0 Å². The maximum Gasteiger partial charge on any atom is 0.410 e. The second-order valence-corrected chi connectivity index (χ2v) is 17.3. The number of nitrogens with zero attached hydrogens (tertiary/aromatic N) is 4. The molecule has 57 heavy (non-hydrogen) atoms. The fraction of sp³-hybridized carbons (Fsp3) is 0.477. The first kappa shape index (κ1) is 37.2. The highest BCUT2D eigenvalue weighted by Crippen LogP contribution is 2.46. The second-order valence-electron chi connectivity index (χ2n) is 17.3. The number of benzene rings is 3. The minimum atomic E-state index is -0.626. The van der Waals surface area contributed by atoms with Crippen molar-refractivity contribution < 1.29 is 33.3 Å². The van der Waals surface area contributed by atoms with Crippen LogP contribution < -0.4 is 10.1 Å². The first-order valence-corrected chi connectivity index (χ1v) is 20.0. The standard InChI is InChI=1S/C44H50N6O7/c1-23-13-28-9-12-36(50(28)41(51)39(23)48-42(52)55-6)40-45-19-35(47-40)26-7-10-29-27(15-26)22-56-38-18-30-25(16-32(29)38)8-11-33-31(30)17-34(46-33)37-14-24(21-54-5)20-49(37)43(53)57-44(2,3)4/h7-8,10-11,15-16,18-19,23-24,28,36-37,39H,9,12-14,17,20-22H2,1-6H3,(H,45,47)(H,48,52)/t23?,24-,28+,36-,37-,39-/m0/s1. The maximum absolute atomic E-state index is 13.7. The van der Waals surface area contributed by atoms with Crippen molar-refractivity contribution >= 4 is 40.3 Å². The number of aromatic amines is 1. The fourth-order valence-corrected chi connectivity index (χ4v) is 9.74. The molecule has 0 radical (unpaired) electrons. The van der Waals surface area contributed by atoms with Gasteiger partial charge in [0.2, 0.25) is 5.91 Å². The van der Waals surface area contributed by atoms with Crippen LogP contribution in [-0.4, -0.2) is 94.7 Å². The van der Waals surface area contributed by atoms with E-state index in [-0.39, 0.29) is 42.0 Å². The van der Waals surface area contributed by atoms with E-state index in [1.165, 1.54) is 7.11 Å². The Morgan fingerprint density at radius 2 is 1.88 bits per heavy atom. The number of fused-ring (bicyclic) bond motifs is 7. The van der Waals surface area contributed by atoms with Gasteiger partial charge in [-0.05, 0) is 110 Å². The number of carbonyl (C=O) groups is 3. The van der Waals surface area contributed by atoms with Gasteiger partial charge in [-0.15, -0.1) is 0 Å². The van der Waals surface area contributed by atoms with E-state index in [1.807, 2.05) is 43.7 Å². The molecule has 2 N–H and O–H groups in total. The summed E-state index contributed by atoms with van der Waals surface area (Å²) >= 11 is 0. The largest absolute Gasteiger partial charge is 0.488 e. The lowest BCUT2D eigenvalue weighted by Gasteiger charge is -2.41. The van der Waals surface area contributed by atoms with Gasteiger partial charge >= 0.3 is 12.2 Å². The number of aliphatic imine (C=N–C) groups is 1. The summed E-state index contributed by atoms with van der Waals surface area (Å²) < 4.78 is 22.6. The number of alkyl carbamates (subject to hydrolysis) is 1. The number of carbonyl (C=O) groups excluding carboxylic acids is 3. The molecule has 1 unspecified atom stereocenters. The molecule has 0 saturated carbocycles. The van der Waals surface area contributed by atoms with E-state index in [0.29, 0.717) is 26.2 Å². The predicted octanol–water partition coefficient (Wildman–Crippen LogP) is 7.49. The molecule has 0 spiro atoms. The van der Waals surface area contributed by atoms with Gasteiger partial charge < -0.3 is 34.1 Å². The zero-order valence-electron chi connectivity index (χ0n) is 33.4. The van der Waals surface area contributed by atoms with Crippen molar-refractivity contribution in [3.63, 3.8) is 0 Å². The molecule has 3 fully saturated rings. The number of H-pyrrole nitrogens is 1. The molecular formula is C44H50N6O7. The van der Waals surface area contributed by atoms with E-state index in [1.54, 1.807) is 7.11 Å². The van der Waals surface area contributed by atoms with E-state index in [0.717, 1.165) is 92.9 Å². The molecular weight excluding hydrogens is 725 g/mol. The predicted molar refractivity (Wildman–Crippen MR) is 215 cm³/mol. The average Bonchev–Trinajstić information content (AvgIpc) is 4.00. The summed E-state index contributed by atoms with van der Waals surface area (Å²) in [5.74, 6) is 1.72. The SMILES string of the molecule is COC[C@H]1C[C@@H](C2=Nc3ccc4cc5c(cc4c3C2)OCc2cc(-c3cnc([C@@H]4CC[C@@H]6CC(C)[C@H](NC(=O)OC)C(=O)N64)[nH]3)ccc2-5)N(C(=O)OC(C)(C)C)C1. The van der Waals surface area contributed by atoms with E-state index in [9.17, 15) is 14.4 Å². The second kappa shape index (κ2) is 14.2. The number of imidazole rings is 1. The number of nitrogens with one attached hydrogen (secondary N) is 2. The van der Waals surface area contributed by atoms with Crippen molar-refractivity contribution in [2.45, 2.75) is 96.2 Å². The molecule has 13 heteroatoms. The molecule has 13 nitrogen and oxygen atoms in total. The molecule has 4 aromatic rings. The quantitative estimate of drug-likeness (QED) is 0.205. The average molecular weight is 775 g/mol.